The second kappa shape index (κ2) is 3.35. The van der Waals surface area contributed by atoms with Crippen molar-refractivity contribution < 1.29 is 0 Å². The fourth-order valence-electron chi connectivity index (χ4n) is 0.887. The highest BCUT2D eigenvalue weighted by molar-refractivity contribution is 7.78. The molecule has 10 heavy (non-hydrogen) atoms. The molecule has 0 atom stereocenters. The topological polar surface area (TPSA) is 6.48 Å². The van der Waals surface area contributed by atoms with Crippen LogP contribution in [0, 0.1) is 0 Å². The maximum atomic E-state index is 5.79. The summed E-state index contributed by atoms with van der Waals surface area (Å²) in [6, 6.07) is 0. The molecule has 1 rings (SSSR count). The van der Waals surface area contributed by atoms with Crippen LogP contribution in [0.4, 0.5) is 0 Å². The largest absolute Gasteiger partial charge is 0.298 e. The molecule has 0 aliphatic carbocycles. The molecule has 1 aliphatic rings. The number of thiocarbonyl (C=S) groups is 1. The number of rotatable bonds is 0. The van der Waals surface area contributed by atoms with Gasteiger partial charge in [0, 0.05) is 31.4 Å². The first-order valence-corrected chi connectivity index (χ1v) is 3.84. The van der Waals surface area contributed by atoms with Crippen molar-refractivity contribution in [1.82, 2.24) is 9.32 Å². The first-order valence-electron chi connectivity index (χ1n) is 3.10. The number of halogens is 1. The van der Waals surface area contributed by atoms with Crippen molar-refractivity contribution in [3.63, 3.8) is 0 Å². The molecule has 1 heterocycles. The maximum Gasteiger partial charge on any atom is 0.0969 e. The second-order valence-corrected chi connectivity index (χ2v) is 2.98. The van der Waals surface area contributed by atoms with Crippen LogP contribution in [0.1, 0.15) is 0 Å². The van der Waals surface area contributed by atoms with Gasteiger partial charge in [0.25, 0.3) is 0 Å². The normalized spacial score (nSPS) is 21.0. The van der Waals surface area contributed by atoms with Crippen LogP contribution in [-0.2, 0) is 0 Å². The molecule has 0 aromatic carbocycles. The van der Waals surface area contributed by atoms with Gasteiger partial charge in [-0.25, -0.2) is 0 Å². The lowest BCUT2D eigenvalue weighted by molar-refractivity contribution is 0.275. The molecule has 0 aromatic rings. The first-order chi connectivity index (χ1) is 4.74. The Labute approximate surface area is 71.2 Å². The lowest BCUT2D eigenvalue weighted by Gasteiger charge is -2.29. The molecule has 4 heteroatoms. The van der Waals surface area contributed by atoms with E-state index in [1.54, 1.807) is 4.42 Å². The molecule has 0 aromatic heterocycles. The summed E-state index contributed by atoms with van der Waals surface area (Å²) in [5.74, 6) is 0. The molecule has 0 saturated carbocycles. The van der Waals surface area contributed by atoms with E-state index in [1.807, 2.05) is 7.05 Å². The van der Waals surface area contributed by atoms with Gasteiger partial charge in [-0.05, 0) is 24.3 Å². The highest BCUT2D eigenvalue weighted by atomic mass is 35.5. The van der Waals surface area contributed by atoms with Crippen molar-refractivity contribution >= 4 is 29.0 Å². The van der Waals surface area contributed by atoms with Gasteiger partial charge in [0.2, 0.25) is 0 Å². The molecule has 0 radical (unpaired) electrons. The average molecular weight is 177 g/mol. The van der Waals surface area contributed by atoms with Crippen LogP contribution in [0.15, 0.2) is 5.70 Å². The van der Waals surface area contributed by atoms with Gasteiger partial charge in [-0.3, -0.25) is 9.32 Å². The standard InChI is InChI=1S/C6H9ClN2S/c1-8-2-3-9(7)6(4-8)5-10/h2-4H2,1H3. The van der Waals surface area contributed by atoms with Crippen LogP contribution >= 0.6 is 24.0 Å². The third kappa shape index (κ3) is 1.70. The van der Waals surface area contributed by atoms with E-state index < -0.39 is 0 Å². The molecule has 56 valence electrons. The number of nitrogens with zero attached hydrogens (tertiary/aromatic N) is 2. The van der Waals surface area contributed by atoms with Gasteiger partial charge in [-0.1, -0.05) is 0 Å². The Morgan fingerprint density at radius 2 is 2.30 bits per heavy atom. The molecule has 0 spiro atoms. The van der Waals surface area contributed by atoms with Crippen LogP contribution in [-0.4, -0.2) is 41.0 Å². The molecular weight excluding hydrogens is 168 g/mol. The molecule has 1 saturated heterocycles. The Morgan fingerprint density at radius 3 is 2.80 bits per heavy atom. The molecule has 0 unspecified atom stereocenters. The van der Waals surface area contributed by atoms with E-state index in [4.69, 9.17) is 11.8 Å². The van der Waals surface area contributed by atoms with Crippen LogP contribution in [0.5, 0.6) is 0 Å². The number of hydrogen-bond donors (Lipinski definition) is 0. The number of likely N-dealkylation sites (N-methyl/N-ethyl adjacent to an activating group) is 1. The Kier molecular flexibility index (Phi) is 2.69. The third-order valence-corrected chi connectivity index (χ3v) is 2.12. The van der Waals surface area contributed by atoms with Crippen molar-refractivity contribution in [2.75, 3.05) is 26.7 Å². The molecule has 1 fully saturated rings. The van der Waals surface area contributed by atoms with Gasteiger partial charge in [-0.15, -0.1) is 0 Å². The van der Waals surface area contributed by atoms with E-state index in [-0.39, 0.29) is 0 Å². The van der Waals surface area contributed by atoms with Crippen LogP contribution < -0.4 is 0 Å². The minimum atomic E-state index is 0.813. The van der Waals surface area contributed by atoms with Gasteiger partial charge in [0.05, 0.1) is 5.70 Å². The Balaban J connectivity index is 2.63. The van der Waals surface area contributed by atoms with Crippen LogP contribution in [0.25, 0.3) is 0 Å². The zero-order valence-electron chi connectivity index (χ0n) is 5.80. The molecule has 2 nitrogen and oxygen atoms in total. The molecule has 1 aliphatic heterocycles. The predicted molar refractivity (Wildman–Crippen MR) is 46.2 cm³/mol. The van der Waals surface area contributed by atoms with E-state index in [9.17, 15) is 0 Å². The fraction of sp³-hybridized carbons (Fsp3) is 0.667. The Bertz CT molecular complexity index is 177. The van der Waals surface area contributed by atoms with E-state index in [0.717, 1.165) is 25.3 Å². The van der Waals surface area contributed by atoms with E-state index in [1.165, 1.54) is 0 Å². The number of piperazine rings is 1. The summed E-state index contributed by atoms with van der Waals surface area (Å²) in [4.78, 5) is 2.16. The second-order valence-electron chi connectivity index (χ2n) is 2.37. The first kappa shape index (κ1) is 8.02. The van der Waals surface area contributed by atoms with E-state index in [0.29, 0.717) is 0 Å². The molecule has 0 N–H and O–H groups in total. The minimum Gasteiger partial charge on any atom is -0.298 e. The lowest BCUT2D eigenvalue weighted by atomic mass is 10.3. The quantitative estimate of drug-likeness (QED) is 0.400. The van der Waals surface area contributed by atoms with Gasteiger partial charge >= 0.3 is 0 Å². The zero-order chi connectivity index (χ0) is 7.56. The van der Waals surface area contributed by atoms with E-state index >= 15 is 0 Å². The van der Waals surface area contributed by atoms with E-state index in [2.05, 4.69) is 22.1 Å². The summed E-state index contributed by atoms with van der Waals surface area (Å²) < 4.78 is 1.63. The van der Waals surface area contributed by atoms with Crippen LogP contribution in [0.2, 0.25) is 0 Å². The van der Waals surface area contributed by atoms with Gasteiger partial charge in [-0.2, -0.15) is 0 Å². The molecule has 0 bridgehead atoms. The smallest absolute Gasteiger partial charge is 0.0969 e. The van der Waals surface area contributed by atoms with Crippen molar-refractivity contribution in [2.24, 2.45) is 0 Å². The van der Waals surface area contributed by atoms with Crippen molar-refractivity contribution in [3.05, 3.63) is 5.70 Å². The molecule has 0 amide bonds. The van der Waals surface area contributed by atoms with Crippen molar-refractivity contribution in [2.45, 2.75) is 0 Å². The lowest BCUT2D eigenvalue weighted by Crippen LogP contribution is -2.38. The van der Waals surface area contributed by atoms with Crippen molar-refractivity contribution in [3.8, 4) is 0 Å². The minimum absolute atomic E-state index is 0.813. The number of hydrogen-bond acceptors (Lipinski definition) is 3. The predicted octanol–water partition coefficient (Wildman–Crippen LogP) is 0.870. The summed E-state index contributed by atoms with van der Waals surface area (Å²) in [6.45, 7) is 2.63. The monoisotopic (exact) mass is 176 g/mol. The summed E-state index contributed by atoms with van der Waals surface area (Å²) >= 11 is 10.5. The highest BCUT2D eigenvalue weighted by Gasteiger charge is 2.15. The van der Waals surface area contributed by atoms with Crippen molar-refractivity contribution in [1.29, 1.82) is 0 Å². The SMILES string of the molecule is CN1CCN(Cl)C(=C=S)C1. The maximum absolute atomic E-state index is 5.79. The summed E-state index contributed by atoms with van der Waals surface area (Å²) in [6.07, 6.45) is 0. The Morgan fingerprint density at radius 1 is 1.60 bits per heavy atom. The summed E-state index contributed by atoms with van der Waals surface area (Å²) in [5.41, 5.74) is 0.894. The molecular formula is C6H9ClN2S. The fourth-order valence-corrected chi connectivity index (χ4v) is 1.28. The van der Waals surface area contributed by atoms with Crippen LogP contribution in [0.3, 0.4) is 0 Å². The third-order valence-electron chi connectivity index (χ3n) is 1.51. The summed E-state index contributed by atoms with van der Waals surface area (Å²) in [5, 5.41) is 2.64. The Hall–Kier alpha value is -0.0800. The average Bonchev–Trinajstić information content (AvgIpc) is 1.94. The summed E-state index contributed by atoms with van der Waals surface area (Å²) in [7, 11) is 2.04. The van der Waals surface area contributed by atoms with Gasteiger partial charge in [0.1, 0.15) is 0 Å². The zero-order valence-corrected chi connectivity index (χ0v) is 7.37. The van der Waals surface area contributed by atoms with Gasteiger partial charge < -0.3 is 0 Å². The highest BCUT2D eigenvalue weighted by Crippen LogP contribution is 2.10. The van der Waals surface area contributed by atoms with Gasteiger partial charge in [0.15, 0.2) is 0 Å².